The number of hydrogen-bond acceptors (Lipinski definition) is 4. The van der Waals surface area contributed by atoms with Gasteiger partial charge in [0.1, 0.15) is 6.10 Å². The van der Waals surface area contributed by atoms with Crippen molar-refractivity contribution in [3.8, 4) is 0 Å². The van der Waals surface area contributed by atoms with Crippen LogP contribution in [0.25, 0.3) is 0 Å². The van der Waals surface area contributed by atoms with Crippen LogP contribution >= 0.6 is 0 Å². The molecule has 0 aromatic heterocycles. The summed E-state index contributed by atoms with van der Waals surface area (Å²) in [6.07, 6.45) is 3.90. The van der Waals surface area contributed by atoms with E-state index in [0.717, 1.165) is 38.0 Å². The highest BCUT2D eigenvalue weighted by molar-refractivity contribution is 5.89. The first kappa shape index (κ1) is 20.4. The minimum Gasteiger partial charge on any atom is -0.441 e. The van der Waals surface area contributed by atoms with Gasteiger partial charge in [-0.1, -0.05) is 48.9 Å². The van der Waals surface area contributed by atoms with Crippen molar-refractivity contribution in [2.75, 3.05) is 31.8 Å². The van der Waals surface area contributed by atoms with Crippen LogP contribution in [-0.4, -0.2) is 39.1 Å². The van der Waals surface area contributed by atoms with E-state index < -0.39 is 0 Å². The number of unbranched alkanes of at least 4 members (excludes halogenated alkanes) is 2. The van der Waals surface area contributed by atoms with Gasteiger partial charge in [-0.2, -0.15) is 0 Å². The molecule has 1 atom stereocenters. The molecule has 2 aromatic carbocycles. The number of rotatable bonds is 11. The number of nitrogens with zero attached hydrogens (tertiary/aromatic N) is 1. The minimum atomic E-state index is -0.301. The van der Waals surface area contributed by atoms with Gasteiger partial charge in [0, 0.05) is 19.4 Å². The van der Waals surface area contributed by atoms with Gasteiger partial charge >= 0.3 is 6.09 Å². The highest BCUT2D eigenvalue weighted by atomic mass is 16.6. The van der Waals surface area contributed by atoms with Crippen LogP contribution in [0.5, 0.6) is 0 Å². The van der Waals surface area contributed by atoms with E-state index in [1.54, 1.807) is 12.0 Å². The third-order valence-corrected chi connectivity index (χ3v) is 4.84. The van der Waals surface area contributed by atoms with Crippen molar-refractivity contribution in [1.29, 1.82) is 0 Å². The lowest BCUT2D eigenvalue weighted by atomic mass is 10.1. The van der Waals surface area contributed by atoms with Crippen LogP contribution in [0, 0.1) is 0 Å². The largest absolute Gasteiger partial charge is 0.441 e. The molecule has 1 saturated heterocycles. The summed E-state index contributed by atoms with van der Waals surface area (Å²) in [5.74, 6) is 0. The van der Waals surface area contributed by atoms with Crippen LogP contribution in [0.4, 0.5) is 10.5 Å². The highest BCUT2D eigenvalue weighted by Gasteiger charge is 2.32. The van der Waals surface area contributed by atoms with Gasteiger partial charge in [0.15, 0.2) is 0 Å². The molecule has 0 spiro atoms. The monoisotopic (exact) mass is 383 g/mol. The Bertz CT molecular complexity index is 717. The van der Waals surface area contributed by atoms with Crippen LogP contribution in [0.2, 0.25) is 0 Å². The fraction of sp³-hybridized carbons (Fsp3) is 0.435. The lowest BCUT2D eigenvalue weighted by Crippen LogP contribution is -2.25. The Morgan fingerprint density at radius 1 is 1.00 bits per heavy atom. The first-order valence-corrected chi connectivity index (χ1v) is 9.94. The van der Waals surface area contributed by atoms with E-state index in [-0.39, 0.29) is 12.2 Å². The minimum absolute atomic E-state index is 0.193. The molecule has 28 heavy (non-hydrogen) atoms. The van der Waals surface area contributed by atoms with Crippen LogP contribution in [0.15, 0.2) is 54.6 Å². The number of hydrogen-bond donors (Lipinski definition) is 0. The maximum absolute atomic E-state index is 12.0. The zero-order valence-electron chi connectivity index (χ0n) is 16.5. The molecular formula is C23H29NO4. The molecule has 1 unspecified atom stereocenters. The molecule has 1 heterocycles. The second-order valence-corrected chi connectivity index (χ2v) is 7.09. The Balaban J connectivity index is 1.32. The van der Waals surface area contributed by atoms with Gasteiger partial charge in [-0.05, 0) is 42.5 Å². The summed E-state index contributed by atoms with van der Waals surface area (Å²) in [6.45, 7) is 2.45. The number of carbonyl (C=O) groups excluding carboxylic acids is 1. The first-order chi connectivity index (χ1) is 13.8. The number of benzene rings is 2. The first-order valence-electron chi connectivity index (χ1n) is 9.94. The number of aryl methyl sites for hydroxylation is 1. The molecule has 0 N–H and O–H groups in total. The molecule has 0 radical (unpaired) electrons. The Kier molecular flexibility index (Phi) is 7.88. The molecule has 1 aliphatic rings. The SMILES string of the molecule is COCC1CN(c2ccc(CCCCCOCc3ccccc3)cc2)C(=O)O1. The van der Waals surface area contributed by atoms with E-state index >= 15 is 0 Å². The Labute approximate surface area is 167 Å². The quantitative estimate of drug-likeness (QED) is 0.533. The lowest BCUT2D eigenvalue weighted by molar-refractivity contribution is 0.0718. The average molecular weight is 383 g/mol. The highest BCUT2D eigenvalue weighted by Crippen LogP contribution is 2.22. The van der Waals surface area contributed by atoms with Crippen molar-refractivity contribution in [3.05, 3.63) is 65.7 Å². The predicted octanol–water partition coefficient (Wildman–Crippen LogP) is 4.59. The van der Waals surface area contributed by atoms with E-state index in [9.17, 15) is 4.79 Å². The van der Waals surface area contributed by atoms with E-state index in [1.165, 1.54) is 11.1 Å². The van der Waals surface area contributed by atoms with Crippen molar-refractivity contribution in [2.24, 2.45) is 0 Å². The summed E-state index contributed by atoms with van der Waals surface area (Å²) in [5, 5.41) is 0. The van der Waals surface area contributed by atoms with E-state index in [2.05, 4.69) is 24.3 Å². The molecule has 1 amide bonds. The molecule has 5 heteroatoms. The molecule has 3 rings (SSSR count). The van der Waals surface area contributed by atoms with Crippen molar-refractivity contribution in [2.45, 2.75) is 38.4 Å². The van der Waals surface area contributed by atoms with Crippen LogP contribution in [0.1, 0.15) is 30.4 Å². The third-order valence-electron chi connectivity index (χ3n) is 4.84. The number of carbonyl (C=O) groups is 1. The van der Waals surface area contributed by atoms with Crippen molar-refractivity contribution in [1.82, 2.24) is 0 Å². The molecule has 1 fully saturated rings. The molecule has 0 bridgehead atoms. The van der Waals surface area contributed by atoms with E-state index in [1.807, 2.05) is 30.3 Å². The molecule has 0 saturated carbocycles. The zero-order chi connectivity index (χ0) is 19.6. The maximum atomic E-state index is 12.0. The summed E-state index contributed by atoms with van der Waals surface area (Å²) >= 11 is 0. The fourth-order valence-corrected chi connectivity index (χ4v) is 3.32. The number of cyclic esters (lactones) is 1. The smallest absolute Gasteiger partial charge is 0.414 e. The van der Waals surface area contributed by atoms with Gasteiger partial charge in [-0.15, -0.1) is 0 Å². The summed E-state index contributed by atoms with van der Waals surface area (Å²) in [7, 11) is 1.61. The summed E-state index contributed by atoms with van der Waals surface area (Å²) in [6, 6.07) is 18.4. The number of methoxy groups -OCH3 is 1. The normalized spacial score (nSPS) is 16.4. The van der Waals surface area contributed by atoms with Gasteiger partial charge < -0.3 is 14.2 Å². The van der Waals surface area contributed by atoms with Crippen LogP contribution in [0.3, 0.4) is 0 Å². The van der Waals surface area contributed by atoms with Crippen molar-refractivity contribution >= 4 is 11.8 Å². The van der Waals surface area contributed by atoms with Crippen molar-refractivity contribution < 1.29 is 19.0 Å². The molecular weight excluding hydrogens is 354 g/mol. The lowest BCUT2D eigenvalue weighted by Gasteiger charge is -2.13. The molecule has 5 nitrogen and oxygen atoms in total. The van der Waals surface area contributed by atoms with Crippen LogP contribution in [-0.2, 0) is 27.2 Å². The van der Waals surface area contributed by atoms with Gasteiger partial charge in [0.25, 0.3) is 0 Å². The molecule has 1 aliphatic heterocycles. The maximum Gasteiger partial charge on any atom is 0.414 e. The van der Waals surface area contributed by atoms with Crippen molar-refractivity contribution in [3.63, 3.8) is 0 Å². The predicted molar refractivity (Wildman–Crippen MR) is 110 cm³/mol. The standard InChI is InChI=1S/C23H29NO4/c1-26-18-22-16-24(23(25)28-22)21-13-11-19(12-14-21)8-6-3-7-15-27-17-20-9-4-2-5-10-20/h2,4-5,9-14,22H,3,6-8,15-18H2,1H3. The topological polar surface area (TPSA) is 48.0 Å². The second-order valence-electron chi connectivity index (χ2n) is 7.09. The number of amides is 1. The van der Waals surface area contributed by atoms with Gasteiger partial charge in [-0.3, -0.25) is 4.90 Å². The Morgan fingerprint density at radius 3 is 2.54 bits per heavy atom. The molecule has 0 aliphatic carbocycles. The zero-order valence-corrected chi connectivity index (χ0v) is 16.5. The number of anilines is 1. The van der Waals surface area contributed by atoms with Gasteiger partial charge in [0.2, 0.25) is 0 Å². The summed E-state index contributed by atoms with van der Waals surface area (Å²) in [5.41, 5.74) is 3.38. The van der Waals surface area contributed by atoms with Gasteiger partial charge in [0.05, 0.1) is 19.8 Å². The molecule has 2 aromatic rings. The molecule has 150 valence electrons. The summed E-state index contributed by atoms with van der Waals surface area (Å²) in [4.78, 5) is 13.6. The second kappa shape index (κ2) is 10.8. The average Bonchev–Trinajstić information content (AvgIpc) is 3.09. The third kappa shape index (κ3) is 6.08. The Morgan fingerprint density at radius 2 is 1.79 bits per heavy atom. The summed E-state index contributed by atoms with van der Waals surface area (Å²) < 4.78 is 16.1. The van der Waals surface area contributed by atoms with Crippen LogP contribution < -0.4 is 4.90 Å². The van der Waals surface area contributed by atoms with Gasteiger partial charge in [-0.25, -0.2) is 4.79 Å². The fourth-order valence-electron chi connectivity index (χ4n) is 3.32. The van der Waals surface area contributed by atoms with E-state index in [0.29, 0.717) is 19.8 Å². The number of ether oxygens (including phenoxy) is 3. The van der Waals surface area contributed by atoms with E-state index in [4.69, 9.17) is 14.2 Å². The Hall–Kier alpha value is -2.37.